The summed E-state index contributed by atoms with van der Waals surface area (Å²) in [5, 5.41) is 0.145. The van der Waals surface area contributed by atoms with Gasteiger partial charge < -0.3 is 4.74 Å². The second-order valence-electron chi connectivity index (χ2n) is 5.38. The molecule has 0 heterocycles. The smallest absolute Gasteiger partial charge is 0.142 e. The Labute approximate surface area is 124 Å². The first-order chi connectivity index (χ1) is 9.61. The van der Waals surface area contributed by atoms with E-state index in [4.69, 9.17) is 22.2 Å². The number of hydrogen-bond donors (Lipinski definition) is 2. The van der Waals surface area contributed by atoms with Gasteiger partial charge in [-0.15, -0.1) is 0 Å². The number of rotatable bonds is 6. The van der Waals surface area contributed by atoms with Gasteiger partial charge in [-0.3, -0.25) is 11.3 Å². The van der Waals surface area contributed by atoms with Gasteiger partial charge in [0.15, 0.2) is 0 Å². The molecule has 5 heteroatoms. The highest BCUT2D eigenvalue weighted by molar-refractivity contribution is 6.30. The first kappa shape index (κ1) is 15.7. The third kappa shape index (κ3) is 3.31. The summed E-state index contributed by atoms with van der Waals surface area (Å²) in [5.41, 5.74) is 3.51. The standard InChI is InChI=1S/C15H22ClFN2O/c1-2-20-15(7-3-4-8-15)14(19-18)10-11-5-6-12(16)13(17)9-11/h5-6,9,14,19H,2-4,7-8,10,18H2,1H3. The Morgan fingerprint density at radius 2 is 2.15 bits per heavy atom. The molecule has 3 nitrogen and oxygen atoms in total. The van der Waals surface area contributed by atoms with Crippen LogP contribution >= 0.6 is 11.6 Å². The van der Waals surface area contributed by atoms with Crippen LogP contribution in [0.4, 0.5) is 4.39 Å². The van der Waals surface area contributed by atoms with Gasteiger partial charge in [-0.1, -0.05) is 30.5 Å². The molecule has 2 rings (SSSR count). The van der Waals surface area contributed by atoms with Crippen molar-refractivity contribution in [2.75, 3.05) is 6.61 Å². The van der Waals surface area contributed by atoms with Crippen molar-refractivity contribution in [1.82, 2.24) is 5.43 Å². The second-order valence-corrected chi connectivity index (χ2v) is 5.78. The number of nitrogens with one attached hydrogen (secondary N) is 1. The molecule has 1 fully saturated rings. The molecule has 0 saturated heterocycles. The summed E-state index contributed by atoms with van der Waals surface area (Å²) >= 11 is 5.72. The molecule has 0 aliphatic heterocycles. The SMILES string of the molecule is CCOC1(C(Cc2ccc(Cl)c(F)c2)NN)CCCC1. The van der Waals surface area contributed by atoms with Crippen molar-refractivity contribution in [2.24, 2.45) is 5.84 Å². The highest BCUT2D eigenvalue weighted by atomic mass is 35.5. The molecular weight excluding hydrogens is 279 g/mol. The Kier molecular flexibility index (Phi) is 5.38. The predicted molar refractivity (Wildman–Crippen MR) is 79.1 cm³/mol. The molecule has 0 amide bonds. The van der Waals surface area contributed by atoms with Gasteiger partial charge in [-0.25, -0.2) is 4.39 Å². The molecule has 1 atom stereocenters. The lowest BCUT2D eigenvalue weighted by Crippen LogP contribution is -2.54. The van der Waals surface area contributed by atoms with Crippen molar-refractivity contribution in [3.8, 4) is 0 Å². The van der Waals surface area contributed by atoms with Crippen molar-refractivity contribution >= 4 is 11.6 Å². The highest BCUT2D eigenvalue weighted by Gasteiger charge is 2.41. The largest absolute Gasteiger partial charge is 0.374 e. The molecule has 3 N–H and O–H groups in total. The first-order valence-corrected chi connectivity index (χ1v) is 7.53. The van der Waals surface area contributed by atoms with E-state index < -0.39 is 5.82 Å². The lowest BCUT2D eigenvalue weighted by atomic mass is 9.87. The fourth-order valence-corrected chi connectivity index (χ4v) is 3.27. The number of hydrazine groups is 1. The van der Waals surface area contributed by atoms with Crippen LogP contribution in [-0.4, -0.2) is 18.2 Å². The summed E-state index contributed by atoms with van der Waals surface area (Å²) in [6, 6.07) is 4.87. The minimum absolute atomic E-state index is 0.0227. The summed E-state index contributed by atoms with van der Waals surface area (Å²) in [6.07, 6.45) is 4.91. The molecule has 1 aromatic carbocycles. The van der Waals surface area contributed by atoms with Gasteiger partial charge in [0.05, 0.1) is 16.7 Å². The average Bonchev–Trinajstić information content (AvgIpc) is 2.90. The summed E-state index contributed by atoms with van der Waals surface area (Å²) in [4.78, 5) is 0. The van der Waals surface area contributed by atoms with Gasteiger partial charge in [-0.05, 0) is 43.9 Å². The molecule has 1 saturated carbocycles. The molecule has 1 unspecified atom stereocenters. The van der Waals surface area contributed by atoms with Crippen LogP contribution in [0.3, 0.4) is 0 Å². The van der Waals surface area contributed by atoms with Crippen molar-refractivity contribution in [3.05, 3.63) is 34.6 Å². The molecule has 1 aliphatic carbocycles. The van der Waals surface area contributed by atoms with Crippen LogP contribution in [0.2, 0.25) is 5.02 Å². The van der Waals surface area contributed by atoms with Gasteiger partial charge in [-0.2, -0.15) is 0 Å². The van der Waals surface area contributed by atoms with E-state index >= 15 is 0 Å². The molecule has 1 aromatic rings. The molecule has 20 heavy (non-hydrogen) atoms. The molecule has 0 spiro atoms. The third-order valence-corrected chi connectivity index (χ3v) is 4.45. The third-order valence-electron chi connectivity index (χ3n) is 4.14. The van der Waals surface area contributed by atoms with Crippen LogP contribution in [0.15, 0.2) is 18.2 Å². The first-order valence-electron chi connectivity index (χ1n) is 7.15. The van der Waals surface area contributed by atoms with Crippen molar-refractivity contribution < 1.29 is 9.13 Å². The fourth-order valence-electron chi connectivity index (χ4n) is 3.15. The fraction of sp³-hybridized carbons (Fsp3) is 0.600. The zero-order valence-electron chi connectivity index (χ0n) is 11.8. The summed E-state index contributed by atoms with van der Waals surface area (Å²) in [7, 11) is 0. The van der Waals surface area contributed by atoms with Crippen LogP contribution in [0.25, 0.3) is 0 Å². The van der Waals surface area contributed by atoms with Gasteiger partial charge in [0, 0.05) is 6.61 Å². The average molecular weight is 301 g/mol. The van der Waals surface area contributed by atoms with E-state index in [2.05, 4.69) is 5.43 Å². The Morgan fingerprint density at radius 3 is 2.70 bits per heavy atom. The van der Waals surface area contributed by atoms with Crippen LogP contribution < -0.4 is 11.3 Å². The summed E-state index contributed by atoms with van der Waals surface area (Å²) in [5.74, 6) is 5.34. The van der Waals surface area contributed by atoms with E-state index in [1.807, 2.05) is 13.0 Å². The zero-order chi connectivity index (χ0) is 14.6. The van der Waals surface area contributed by atoms with Crippen molar-refractivity contribution in [2.45, 2.75) is 50.7 Å². The van der Waals surface area contributed by atoms with E-state index in [0.717, 1.165) is 31.2 Å². The van der Waals surface area contributed by atoms with E-state index in [9.17, 15) is 4.39 Å². The molecule has 0 bridgehead atoms. The molecule has 0 radical (unpaired) electrons. The van der Waals surface area contributed by atoms with Crippen LogP contribution in [0, 0.1) is 5.82 Å². The Bertz CT molecular complexity index is 449. The Morgan fingerprint density at radius 1 is 1.45 bits per heavy atom. The van der Waals surface area contributed by atoms with Gasteiger partial charge in [0.25, 0.3) is 0 Å². The van der Waals surface area contributed by atoms with E-state index in [1.54, 1.807) is 6.07 Å². The minimum Gasteiger partial charge on any atom is -0.374 e. The number of ether oxygens (including phenoxy) is 1. The zero-order valence-corrected chi connectivity index (χ0v) is 12.5. The Hall–Kier alpha value is -0.680. The van der Waals surface area contributed by atoms with E-state index in [0.29, 0.717) is 13.0 Å². The monoisotopic (exact) mass is 300 g/mol. The number of halogens is 2. The minimum atomic E-state index is -0.392. The lowest BCUT2D eigenvalue weighted by Gasteiger charge is -2.37. The van der Waals surface area contributed by atoms with Gasteiger partial charge in [0.1, 0.15) is 5.82 Å². The number of benzene rings is 1. The lowest BCUT2D eigenvalue weighted by molar-refractivity contribution is -0.0613. The molecule has 112 valence electrons. The highest BCUT2D eigenvalue weighted by Crippen LogP contribution is 2.37. The Balaban J connectivity index is 2.16. The molecule has 1 aliphatic rings. The number of nitrogens with two attached hydrogens (primary N) is 1. The maximum Gasteiger partial charge on any atom is 0.142 e. The molecular formula is C15H22ClFN2O. The van der Waals surface area contributed by atoms with Gasteiger partial charge in [0.2, 0.25) is 0 Å². The molecule has 0 aromatic heterocycles. The summed E-state index contributed by atoms with van der Waals surface area (Å²) < 4.78 is 19.5. The maximum absolute atomic E-state index is 13.5. The summed E-state index contributed by atoms with van der Waals surface area (Å²) in [6.45, 7) is 2.66. The quantitative estimate of drug-likeness (QED) is 0.626. The maximum atomic E-state index is 13.5. The van der Waals surface area contributed by atoms with E-state index in [-0.39, 0.29) is 16.7 Å². The second kappa shape index (κ2) is 6.85. The van der Waals surface area contributed by atoms with E-state index in [1.165, 1.54) is 6.07 Å². The van der Waals surface area contributed by atoms with Crippen LogP contribution in [-0.2, 0) is 11.2 Å². The van der Waals surface area contributed by atoms with Crippen LogP contribution in [0.1, 0.15) is 38.2 Å². The predicted octanol–water partition coefficient (Wildman–Crippen LogP) is 3.20. The van der Waals surface area contributed by atoms with Gasteiger partial charge >= 0.3 is 0 Å². The topological polar surface area (TPSA) is 47.3 Å². The van der Waals surface area contributed by atoms with Crippen LogP contribution in [0.5, 0.6) is 0 Å². The number of hydrogen-bond acceptors (Lipinski definition) is 3. The normalized spacial score (nSPS) is 19.2. The van der Waals surface area contributed by atoms with Crippen molar-refractivity contribution in [1.29, 1.82) is 0 Å². The van der Waals surface area contributed by atoms with Crippen molar-refractivity contribution in [3.63, 3.8) is 0 Å².